The van der Waals surface area contributed by atoms with Gasteiger partial charge in [0.2, 0.25) is 5.78 Å². The molecule has 0 aliphatic heterocycles. The van der Waals surface area contributed by atoms with E-state index in [9.17, 15) is 9.59 Å². The number of aryl methyl sites for hydroxylation is 2. The van der Waals surface area contributed by atoms with Crippen LogP contribution >= 0.6 is 0 Å². The molecule has 0 aliphatic carbocycles. The van der Waals surface area contributed by atoms with E-state index in [-0.39, 0.29) is 12.5 Å². The van der Waals surface area contributed by atoms with E-state index in [1.54, 1.807) is 13.8 Å². The number of ketones is 1. The minimum Gasteiger partial charge on any atom is -0.493 e. The van der Waals surface area contributed by atoms with Gasteiger partial charge in [-0.3, -0.25) is 4.79 Å². The van der Waals surface area contributed by atoms with Gasteiger partial charge in [0.25, 0.3) is 0 Å². The summed E-state index contributed by atoms with van der Waals surface area (Å²) in [5.74, 6) is -0.323. The van der Waals surface area contributed by atoms with E-state index < -0.39 is 11.8 Å². The van der Waals surface area contributed by atoms with Crippen molar-refractivity contribution in [2.45, 2.75) is 53.1 Å². The van der Waals surface area contributed by atoms with E-state index in [1.807, 2.05) is 32.0 Å². The van der Waals surface area contributed by atoms with Crippen LogP contribution in [0.25, 0.3) is 0 Å². The highest BCUT2D eigenvalue weighted by Gasteiger charge is 2.15. The third-order valence-electron chi connectivity index (χ3n) is 2.97. The molecule has 21 heavy (non-hydrogen) atoms. The lowest BCUT2D eigenvalue weighted by atomic mass is 10.1. The number of rotatable bonds is 8. The first-order valence-electron chi connectivity index (χ1n) is 7.34. The Morgan fingerprint density at radius 3 is 2.52 bits per heavy atom. The van der Waals surface area contributed by atoms with E-state index >= 15 is 0 Å². The Morgan fingerprint density at radius 2 is 1.86 bits per heavy atom. The summed E-state index contributed by atoms with van der Waals surface area (Å²) < 4.78 is 10.5. The average Bonchev–Trinajstić information content (AvgIpc) is 2.41. The lowest BCUT2D eigenvalue weighted by molar-refractivity contribution is -0.156. The molecular weight excluding hydrogens is 268 g/mol. The van der Waals surface area contributed by atoms with Gasteiger partial charge in [0.1, 0.15) is 5.75 Å². The van der Waals surface area contributed by atoms with Gasteiger partial charge in [-0.2, -0.15) is 0 Å². The SMILES string of the molecule is Cc1ccc(C)c(OCCCCC(=O)C(=O)OC(C)C)c1. The Morgan fingerprint density at radius 1 is 1.14 bits per heavy atom. The second-order valence-electron chi connectivity index (χ2n) is 5.45. The second kappa shape index (κ2) is 8.45. The molecule has 116 valence electrons. The van der Waals surface area contributed by atoms with Crippen LogP contribution in [0.2, 0.25) is 0 Å². The molecule has 4 heteroatoms. The topological polar surface area (TPSA) is 52.6 Å². The molecule has 0 atom stereocenters. The van der Waals surface area contributed by atoms with E-state index in [0.717, 1.165) is 23.3 Å². The Kier molecular flexibility index (Phi) is 6.92. The van der Waals surface area contributed by atoms with Crippen molar-refractivity contribution in [3.8, 4) is 5.75 Å². The maximum absolute atomic E-state index is 11.5. The van der Waals surface area contributed by atoms with Crippen LogP contribution in [0, 0.1) is 13.8 Å². The van der Waals surface area contributed by atoms with Crippen molar-refractivity contribution >= 4 is 11.8 Å². The highest BCUT2D eigenvalue weighted by atomic mass is 16.5. The molecule has 1 aromatic carbocycles. The fourth-order valence-corrected chi connectivity index (χ4v) is 1.81. The lowest BCUT2D eigenvalue weighted by Crippen LogP contribution is -2.20. The first-order valence-corrected chi connectivity index (χ1v) is 7.34. The molecule has 0 fully saturated rings. The molecular formula is C17H24O4. The van der Waals surface area contributed by atoms with Gasteiger partial charge in [0.05, 0.1) is 12.7 Å². The molecule has 0 saturated carbocycles. The van der Waals surface area contributed by atoms with Gasteiger partial charge in [-0.05, 0) is 57.7 Å². The fourth-order valence-electron chi connectivity index (χ4n) is 1.81. The van der Waals surface area contributed by atoms with Gasteiger partial charge in [-0.1, -0.05) is 12.1 Å². The summed E-state index contributed by atoms with van der Waals surface area (Å²) >= 11 is 0. The summed E-state index contributed by atoms with van der Waals surface area (Å²) in [6.07, 6.45) is 1.31. The predicted molar refractivity (Wildman–Crippen MR) is 81.5 cm³/mol. The summed E-state index contributed by atoms with van der Waals surface area (Å²) in [5, 5.41) is 0. The van der Waals surface area contributed by atoms with Crippen LogP contribution in [0.5, 0.6) is 5.75 Å². The van der Waals surface area contributed by atoms with Crippen molar-refractivity contribution in [3.05, 3.63) is 29.3 Å². The van der Waals surface area contributed by atoms with Crippen LogP contribution in [0.4, 0.5) is 0 Å². The molecule has 0 heterocycles. The molecule has 0 N–H and O–H groups in total. The molecule has 4 nitrogen and oxygen atoms in total. The van der Waals surface area contributed by atoms with Crippen LogP contribution < -0.4 is 4.74 Å². The molecule has 0 radical (unpaired) electrons. The average molecular weight is 292 g/mol. The van der Waals surface area contributed by atoms with E-state index in [2.05, 4.69) is 0 Å². The fraction of sp³-hybridized carbons (Fsp3) is 0.529. The monoisotopic (exact) mass is 292 g/mol. The minimum atomic E-state index is -0.736. The normalized spacial score (nSPS) is 10.5. The van der Waals surface area contributed by atoms with Crippen LogP contribution in [0.3, 0.4) is 0 Å². The van der Waals surface area contributed by atoms with Crippen LogP contribution in [0.15, 0.2) is 18.2 Å². The van der Waals surface area contributed by atoms with Gasteiger partial charge in [-0.25, -0.2) is 4.79 Å². The third kappa shape index (κ3) is 6.43. The predicted octanol–water partition coefficient (Wildman–Crippen LogP) is 3.37. The summed E-state index contributed by atoms with van der Waals surface area (Å²) in [5.41, 5.74) is 2.25. The van der Waals surface area contributed by atoms with Crippen molar-refractivity contribution in [2.75, 3.05) is 6.61 Å². The first kappa shape index (κ1) is 17.2. The zero-order valence-corrected chi connectivity index (χ0v) is 13.3. The van der Waals surface area contributed by atoms with Crippen LogP contribution in [-0.4, -0.2) is 24.5 Å². The lowest BCUT2D eigenvalue weighted by Gasteiger charge is -2.10. The maximum Gasteiger partial charge on any atom is 0.374 e. The highest BCUT2D eigenvalue weighted by molar-refractivity contribution is 6.33. The number of carbonyl (C=O) groups excluding carboxylic acids is 2. The number of benzene rings is 1. The van der Waals surface area contributed by atoms with Crippen molar-refractivity contribution in [2.24, 2.45) is 0 Å². The molecule has 0 aromatic heterocycles. The van der Waals surface area contributed by atoms with Gasteiger partial charge >= 0.3 is 5.97 Å². The summed E-state index contributed by atoms with van der Waals surface area (Å²) in [6, 6.07) is 6.07. The first-order chi connectivity index (χ1) is 9.90. The molecule has 1 aromatic rings. The summed E-state index contributed by atoms with van der Waals surface area (Å²) in [7, 11) is 0. The third-order valence-corrected chi connectivity index (χ3v) is 2.97. The largest absolute Gasteiger partial charge is 0.493 e. The molecule has 0 amide bonds. The maximum atomic E-state index is 11.5. The molecule has 1 rings (SSSR count). The number of unbranched alkanes of at least 4 members (excludes halogenated alkanes) is 1. The van der Waals surface area contributed by atoms with Crippen molar-refractivity contribution in [3.63, 3.8) is 0 Å². The number of ether oxygens (including phenoxy) is 2. The standard InChI is InChI=1S/C17H24O4/c1-12(2)21-17(19)15(18)7-5-6-10-20-16-11-13(3)8-9-14(16)4/h8-9,11-12H,5-7,10H2,1-4H3. The molecule has 0 bridgehead atoms. The molecule has 0 unspecified atom stereocenters. The van der Waals surface area contributed by atoms with E-state index in [1.165, 1.54) is 0 Å². The van der Waals surface area contributed by atoms with E-state index in [0.29, 0.717) is 13.0 Å². The molecule has 0 saturated heterocycles. The zero-order chi connectivity index (χ0) is 15.8. The number of esters is 1. The summed E-state index contributed by atoms with van der Waals surface area (Å²) in [6.45, 7) is 8.01. The molecule has 0 aliphatic rings. The van der Waals surface area contributed by atoms with Gasteiger partial charge in [0.15, 0.2) is 0 Å². The van der Waals surface area contributed by atoms with Crippen molar-refractivity contribution in [1.82, 2.24) is 0 Å². The van der Waals surface area contributed by atoms with E-state index in [4.69, 9.17) is 9.47 Å². The quantitative estimate of drug-likeness (QED) is 0.419. The zero-order valence-electron chi connectivity index (χ0n) is 13.3. The summed E-state index contributed by atoms with van der Waals surface area (Å²) in [4.78, 5) is 22.8. The highest BCUT2D eigenvalue weighted by Crippen LogP contribution is 2.19. The van der Waals surface area contributed by atoms with Crippen LogP contribution in [0.1, 0.15) is 44.2 Å². The van der Waals surface area contributed by atoms with Gasteiger partial charge in [-0.15, -0.1) is 0 Å². The number of carbonyl (C=O) groups is 2. The Bertz CT molecular complexity index is 492. The Balaban J connectivity index is 2.24. The second-order valence-corrected chi connectivity index (χ2v) is 5.45. The molecule has 0 spiro atoms. The Labute approximate surface area is 126 Å². The van der Waals surface area contributed by atoms with Gasteiger partial charge < -0.3 is 9.47 Å². The van der Waals surface area contributed by atoms with Crippen LogP contribution in [-0.2, 0) is 14.3 Å². The Hall–Kier alpha value is -1.84. The van der Waals surface area contributed by atoms with Crippen molar-refractivity contribution in [1.29, 1.82) is 0 Å². The smallest absolute Gasteiger partial charge is 0.374 e. The van der Waals surface area contributed by atoms with Crippen molar-refractivity contribution < 1.29 is 19.1 Å². The number of Topliss-reactive ketones (excluding diaryl/α,β-unsaturated/α-hetero) is 1. The van der Waals surface area contributed by atoms with Gasteiger partial charge in [0, 0.05) is 6.42 Å². The number of hydrogen-bond donors (Lipinski definition) is 0. The minimum absolute atomic E-state index is 0.210. The number of hydrogen-bond acceptors (Lipinski definition) is 4.